The number of hydrogen-bond acceptors (Lipinski definition) is 2. The van der Waals surface area contributed by atoms with Crippen LogP contribution < -0.4 is 4.74 Å². The second-order valence-corrected chi connectivity index (χ2v) is 4.72. The molecule has 1 saturated heterocycles. The molecule has 0 atom stereocenters. The van der Waals surface area contributed by atoms with Gasteiger partial charge in [-0.25, -0.2) is 0 Å². The molecule has 1 aromatic rings. The quantitative estimate of drug-likeness (QED) is 0.746. The Morgan fingerprint density at radius 1 is 1.35 bits per heavy atom. The van der Waals surface area contributed by atoms with Gasteiger partial charge in [0.1, 0.15) is 12.2 Å². The molecule has 0 radical (unpaired) electrons. The van der Waals surface area contributed by atoms with Crippen molar-refractivity contribution in [2.24, 2.45) is 0 Å². The van der Waals surface area contributed by atoms with Gasteiger partial charge in [0, 0.05) is 18.7 Å². The maximum atomic E-state index is 5.96. The van der Waals surface area contributed by atoms with Gasteiger partial charge in [-0.1, -0.05) is 11.6 Å². The maximum absolute atomic E-state index is 5.96. The highest BCUT2D eigenvalue weighted by atomic mass is 35.5. The third-order valence-corrected chi connectivity index (χ3v) is 3.29. The smallest absolute Gasteiger partial charge is 0.230 e. The third kappa shape index (κ3) is 3.55. The normalized spacial score (nSPS) is 16.1. The first-order valence-electron chi connectivity index (χ1n) is 6.07. The Kier molecular flexibility index (Phi) is 4.57. The summed E-state index contributed by atoms with van der Waals surface area (Å²) in [6.45, 7) is 7.88. The molecule has 2 rings (SSSR count). The number of benzene rings is 1. The highest BCUT2D eigenvalue weighted by Gasteiger charge is 2.13. The minimum Gasteiger partial charge on any atom is -0.433 e. The van der Waals surface area contributed by atoms with Crippen LogP contribution in [0.5, 0.6) is 5.75 Å². The zero-order valence-corrected chi connectivity index (χ0v) is 10.7. The highest BCUT2D eigenvalue weighted by molar-refractivity contribution is 6.30. The Morgan fingerprint density at radius 2 is 2.12 bits per heavy atom. The van der Waals surface area contributed by atoms with Gasteiger partial charge in [-0.2, -0.15) is 0 Å². The summed E-state index contributed by atoms with van der Waals surface area (Å²) in [5, 5.41) is 0.701. The summed E-state index contributed by atoms with van der Waals surface area (Å²) < 4.78 is 5.77. The SMILES string of the molecule is [CH2-][CH+]c1ccc(Cl)cc1OCCN1CCCC1. The first-order valence-corrected chi connectivity index (χ1v) is 6.44. The zero-order chi connectivity index (χ0) is 12.1. The summed E-state index contributed by atoms with van der Waals surface area (Å²) in [4.78, 5) is 2.43. The Balaban J connectivity index is 1.86. The molecule has 1 aliphatic rings. The average molecular weight is 252 g/mol. The van der Waals surface area contributed by atoms with E-state index in [1.54, 1.807) is 6.42 Å². The van der Waals surface area contributed by atoms with Crippen LogP contribution in [-0.2, 0) is 0 Å². The van der Waals surface area contributed by atoms with Crippen molar-refractivity contribution >= 4 is 11.6 Å². The van der Waals surface area contributed by atoms with Crippen molar-refractivity contribution in [2.75, 3.05) is 26.2 Å². The third-order valence-electron chi connectivity index (χ3n) is 3.06. The van der Waals surface area contributed by atoms with E-state index in [2.05, 4.69) is 11.8 Å². The number of rotatable bonds is 5. The van der Waals surface area contributed by atoms with E-state index in [-0.39, 0.29) is 0 Å². The van der Waals surface area contributed by atoms with E-state index in [4.69, 9.17) is 16.3 Å². The summed E-state index contributed by atoms with van der Waals surface area (Å²) in [6, 6.07) is 5.63. The lowest BCUT2D eigenvalue weighted by atomic mass is 10.1. The lowest BCUT2D eigenvalue weighted by molar-refractivity contribution is 0.237. The minimum absolute atomic E-state index is 0.701. The van der Waals surface area contributed by atoms with Crippen molar-refractivity contribution < 1.29 is 4.74 Å². The van der Waals surface area contributed by atoms with Crippen LogP contribution in [-0.4, -0.2) is 31.1 Å². The predicted octanol–water partition coefficient (Wildman–Crippen LogP) is 3.20. The van der Waals surface area contributed by atoms with Gasteiger partial charge < -0.3 is 4.74 Å². The zero-order valence-electron chi connectivity index (χ0n) is 9.99. The van der Waals surface area contributed by atoms with Crippen molar-refractivity contribution in [3.05, 3.63) is 42.1 Å². The molecular weight excluding hydrogens is 234 g/mol. The standard InChI is InChI=1S/C14H18ClNO/c1-2-12-5-6-13(15)11-14(12)17-10-9-16-7-3-4-8-16/h2,5-6,11H,1,3-4,7-10H2. The van der Waals surface area contributed by atoms with E-state index in [0.29, 0.717) is 11.6 Å². The second-order valence-electron chi connectivity index (χ2n) is 4.28. The van der Waals surface area contributed by atoms with Crippen LogP contribution in [0.2, 0.25) is 5.02 Å². The van der Waals surface area contributed by atoms with E-state index in [0.717, 1.165) is 17.9 Å². The molecule has 2 nitrogen and oxygen atoms in total. The topological polar surface area (TPSA) is 12.5 Å². The van der Waals surface area contributed by atoms with Crippen molar-refractivity contribution in [3.8, 4) is 5.75 Å². The van der Waals surface area contributed by atoms with E-state index < -0.39 is 0 Å². The first-order chi connectivity index (χ1) is 8.29. The molecule has 0 amide bonds. The lowest BCUT2D eigenvalue weighted by Gasteiger charge is -2.14. The van der Waals surface area contributed by atoms with E-state index in [9.17, 15) is 0 Å². The minimum atomic E-state index is 0.701. The summed E-state index contributed by atoms with van der Waals surface area (Å²) in [6.07, 6.45) is 4.42. The molecule has 3 heteroatoms. The van der Waals surface area contributed by atoms with Gasteiger partial charge in [0.05, 0.1) is 11.1 Å². The first kappa shape index (κ1) is 12.6. The van der Waals surface area contributed by atoms with Gasteiger partial charge in [-0.15, -0.1) is 6.42 Å². The van der Waals surface area contributed by atoms with Gasteiger partial charge in [-0.3, -0.25) is 11.8 Å². The van der Waals surface area contributed by atoms with E-state index in [1.165, 1.54) is 25.9 Å². The number of ether oxygens (including phenoxy) is 1. The molecule has 0 aromatic heterocycles. The summed E-state index contributed by atoms with van der Waals surface area (Å²) in [7, 11) is 0. The van der Waals surface area contributed by atoms with Crippen LogP contribution in [0.25, 0.3) is 0 Å². The van der Waals surface area contributed by atoms with Gasteiger partial charge in [0.15, 0.2) is 0 Å². The van der Waals surface area contributed by atoms with Gasteiger partial charge in [0.2, 0.25) is 5.75 Å². The molecule has 0 bridgehead atoms. The monoisotopic (exact) mass is 251 g/mol. The van der Waals surface area contributed by atoms with Crippen LogP contribution >= 0.6 is 11.6 Å². The lowest BCUT2D eigenvalue weighted by Crippen LogP contribution is -2.25. The molecule has 1 aromatic carbocycles. The van der Waals surface area contributed by atoms with Crippen LogP contribution in [0, 0.1) is 13.3 Å². The molecule has 0 aliphatic carbocycles. The number of nitrogens with zero attached hydrogens (tertiary/aromatic N) is 1. The molecule has 1 heterocycles. The van der Waals surface area contributed by atoms with Crippen molar-refractivity contribution in [1.29, 1.82) is 0 Å². The summed E-state index contributed by atoms with van der Waals surface area (Å²) in [5.74, 6) is 0.826. The predicted molar refractivity (Wildman–Crippen MR) is 71.4 cm³/mol. The number of likely N-dealkylation sites (tertiary alicyclic amines) is 1. The number of hydrogen-bond donors (Lipinski definition) is 0. The van der Waals surface area contributed by atoms with Gasteiger partial charge in [-0.05, 0) is 25.9 Å². The van der Waals surface area contributed by atoms with Gasteiger partial charge >= 0.3 is 0 Å². The largest absolute Gasteiger partial charge is 0.433 e. The molecule has 17 heavy (non-hydrogen) atoms. The highest BCUT2D eigenvalue weighted by Crippen LogP contribution is 2.24. The maximum Gasteiger partial charge on any atom is 0.230 e. The summed E-state index contributed by atoms with van der Waals surface area (Å²) in [5.41, 5.74) is 0.996. The van der Waals surface area contributed by atoms with Crippen molar-refractivity contribution in [3.63, 3.8) is 0 Å². The van der Waals surface area contributed by atoms with Crippen LogP contribution in [0.4, 0.5) is 0 Å². The fourth-order valence-electron chi connectivity index (χ4n) is 2.09. The van der Waals surface area contributed by atoms with Crippen molar-refractivity contribution in [1.82, 2.24) is 4.90 Å². The van der Waals surface area contributed by atoms with Crippen LogP contribution in [0.1, 0.15) is 18.4 Å². The fourth-order valence-corrected chi connectivity index (χ4v) is 2.25. The molecule has 1 aliphatic heterocycles. The van der Waals surface area contributed by atoms with Crippen LogP contribution in [0.3, 0.4) is 0 Å². The molecule has 0 N–H and O–H groups in total. The molecule has 0 saturated carbocycles. The molecule has 92 valence electrons. The number of halogens is 1. The van der Waals surface area contributed by atoms with Gasteiger partial charge in [0.25, 0.3) is 0 Å². The Morgan fingerprint density at radius 3 is 2.82 bits per heavy atom. The Hall–Kier alpha value is -0.860. The Bertz CT molecular complexity index is 361. The Labute approximate surface area is 109 Å². The van der Waals surface area contributed by atoms with Crippen molar-refractivity contribution in [2.45, 2.75) is 12.8 Å². The average Bonchev–Trinajstić information content (AvgIpc) is 2.82. The van der Waals surface area contributed by atoms with E-state index >= 15 is 0 Å². The molecular formula is C14H18ClNO. The molecule has 0 spiro atoms. The second kappa shape index (κ2) is 6.18. The molecule has 1 fully saturated rings. The fraction of sp³-hybridized carbons (Fsp3) is 0.429. The molecule has 0 unspecified atom stereocenters. The van der Waals surface area contributed by atoms with E-state index in [1.807, 2.05) is 18.2 Å². The summed E-state index contributed by atoms with van der Waals surface area (Å²) >= 11 is 5.96. The van der Waals surface area contributed by atoms with Crippen LogP contribution in [0.15, 0.2) is 18.2 Å².